The summed E-state index contributed by atoms with van der Waals surface area (Å²) in [7, 11) is 0. The van der Waals surface area contributed by atoms with E-state index in [0.717, 1.165) is 18.5 Å². The quantitative estimate of drug-likeness (QED) is 0.917. The third kappa shape index (κ3) is 2.98. The van der Waals surface area contributed by atoms with Crippen molar-refractivity contribution >= 4 is 11.3 Å². The summed E-state index contributed by atoms with van der Waals surface area (Å²) in [5.41, 5.74) is 10.8. The molecule has 0 fully saturated rings. The van der Waals surface area contributed by atoms with Crippen molar-refractivity contribution < 1.29 is 0 Å². The molecule has 0 saturated carbocycles. The minimum atomic E-state index is 0.701. The molecule has 0 atom stereocenters. The zero-order valence-corrected chi connectivity index (χ0v) is 12.1. The zero-order valence-electron chi connectivity index (χ0n) is 11.3. The molecule has 0 aliphatic rings. The summed E-state index contributed by atoms with van der Waals surface area (Å²) in [6.07, 6.45) is 1.87. The van der Waals surface area contributed by atoms with Crippen LogP contribution in [0.25, 0.3) is 0 Å². The van der Waals surface area contributed by atoms with Crippen molar-refractivity contribution in [2.45, 2.75) is 33.6 Å². The number of hydrogen-bond donors (Lipinski definition) is 1. The van der Waals surface area contributed by atoms with Gasteiger partial charge in [-0.15, -0.1) is 11.3 Å². The van der Waals surface area contributed by atoms with Gasteiger partial charge in [0.2, 0.25) is 0 Å². The van der Waals surface area contributed by atoms with Crippen LogP contribution < -0.4 is 5.73 Å². The van der Waals surface area contributed by atoms with E-state index in [4.69, 9.17) is 5.73 Å². The minimum absolute atomic E-state index is 0.701. The van der Waals surface area contributed by atoms with E-state index in [9.17, 15) is 0 Å². The molecule has 2 nitrogen and oxygen atoms in total. The Balaban J connectivity index is 2.18. The Kier molecular flexibility index (Phi) is 4.15. The van der Waals surface area contributed by atoms with Gasteiger partial charge in [-0.2, -0.15) is 0 Å². The summed E-state index contributed by atoms with van der Waals surface area (Å²) in [5, 5.41) is 1.19. The van der Waals surface area contributed by atoms with Crippen molar-refractivity contribution in [2.24, 2.45) is 5.73 Å². The average molecular weight is 260 g/mol. The van der Waals surface area contributed by atoms with Crippen LogP contribution >= 0.6 is 11.3 Å². The summed E-state index contributed by atoms with van der Waals surface area (Å²) in [4.78, 5) is 5.97. The molecule has 2 rings (SSSR count). The van der Waals surface area contributed by atoms with Crippen LogP contribution in [0.5, 0.6) is 0 Å². The maximum Gasteiger partial charge on any atom is 0.0974 e. The second-order valence-corrected chi connectivity index (χ2v) is 5.92. The number of nitrogens with zero attached hydrogens (tertiary/aromatic N) is 1. The number of aryl methyl sites for hydroxylation is 3. The lowest BCUT2D eigenvalue weighted by Gasteiger charge is -2.03. The lowest BCUT2D eigenvalue weighted by molar-refractivity contribution is 0.966. The van der Waals surface area contributed by atoms with Gasteiger partial charge in [0.1, 0.15) is 0 Å². The first kappa shape index (κ1) is 13.2. The molecule has 1 aromatic heterocycles. The van der Waals surface area contributed by atoms with Gasteiger partial charge >= 0.3 is 0 Å². The highest BCUT2D eigenvalue weighted by Crippen LogP contribution is 2.22. The lowest BCUT2D eigenvalue weighted by Crippen LogP contribution is -2.01. The fraction of sp³-hybridized carbons (Fsp3) is 0.400. The maximum absolute atomic E-state index is 5.61. The van der Waals surface area contributed by atoms with Gasteiger partial charge in [0.05, 0.1) is 10.7 Å². The van der Waals surface area contributed by atoms with Crippen LogP contribution in [0.3, 0.4) is 0 Å². The summed E-state index contributed by atoms with van der Waals surface area (Å²) in [6, 6.07) is 6.64. The second kappa shape index (κ2) is 5.63. The molecule has 3 heteroatoms. The first-order valence-corrected chi connectivity index (χ1v) is 7.13. The van der Waals surface area contributed by atoms with E-state index in [1.807, 2.05) is 0 Å². The van der Waals surface area contributed by atoms with Crippen molar-refractivity contribution in [1.82, 2.24) is 4.98 Å². The van der Waals surface area contributed by atoms with Crippen LogP contribution in [0, 0.1) is 20.8 Å². The van der Waals surface area contributed by atoms with Gasteiger partial charge in [-0.25, -0.2) is 4.98 Å². The van der Waals surface area contributed by atoms with Gasteiger partial charge in [0.25, 0.3) is 0 Å². The highest BCUT2D eigenvalue weighted by atomic mass is 32.1. The molecule has 2 N–H and O–H groups in total. The molecular formula is C15H20N2S. The minimum Gasteiger partial charge on any atom is -0.330 e. The fourth-order valence-electron chi connectivity index (χ4n) is 2.02. The topological polar surface area (TPSA) is 38.9 Å². The number of hydrogen-bond acceptors (Lipinski definition) is 3. The predicted molar refractivity (Wildman–Crippen MR) is 78.3 cm³/mol. The van der Waals surface area contributed by atoms with Gasteiger partial charge in [-0.05, 0) is 50.4 Å². The van der Waals surface area contributed by atoms with Gasteiger partial charge < -0.3 is 5.73 Å². The van der Waals surface area contributed by atoms with Crippen LogP contribution in [0.2, 0.25) is 0 Å². The number of aromatic nitrogens is 1. The zero-order chi connectivity index (χ0) is 13.1. The SMILES string of the molecule is Cc1ccc(Cc2nc(C)c(CCN)s2)cc1C. The maximum atomic E-state index is 5.61. The standard InChI is InChI=1S/C15H20N2S/c1-10-4-5-13(8-11(10)2)9-15-17-12(3)14(18-15)6-7-16/h4-5,8H,6-7,9,16H2,1-3H3. The fourth-order valence-corrected chi connectivity index (χ4v) is 3.13. The van der Waals surface area contributed by atoms with Crippen LogP contribution in [0.4, 0.5) is 0 Å². The van der Waals surface area contributed by atoms with E-state index in [-0.39, 0.29) is 0 Å². The van der Waals surface area contributed by atoms with Crippen LogP contribution in [0.15, 0.2) is 18.2 Å². The Morgan fingerprint density at radius 3 is 2.61 bits per heavy atom. The molecule has 18 heavy (non-hydrogen) atoms. The highest BCUT2D eigenvalue weighted by molar-refractivity contribution is 7.11. The molecular weight excluding hydrogens is 240 g/mol. The van der Waals surface area contributed by atoms with Crippen LogP contribution in [-0.2, 0) is 12.8 Å². The van der Waals surface area contributed by atoms with Gasteiger partial charge in [0, 0.05) is 11.3 Å². The summed E-state index contributed by atoms with van der Waals surface area (Å²) in [5.74, 6) is 0. The largest absolute Gasteiger partial charge is 0.330 e. The molecule has 0 bridgehead atoms. The number of rotatable bonds is 4. The molecule has 0 amide bonds. The van der Waals surface area contributed by atoms with Crippen molar-refractivity contribution in [1.29, 1.82) is 0 Å². The van der Waals surface area contributed by atoms with E-state index in [1.165, 1.54) is 26.6 Å². The lowest BCUT2D eigenvalue weighted by atomic mass is 10.0. The average Bonchev–Trinajstić information content (AvgIpc) is 2.65. The number of thiazole rings is 1. The molecule has 0 radical (unpaired) electrons. The molecule has 1 heterocycles. The molecule has 2 aromatic rings. The van der Waals surface area contributed by atoms with Crippen molar-refractivity contribution in [3.05, 3.63) is 50.5 Å². The Bertz CT molecular complexity index is 543. The molecule has 0 aliphatic carbocycles. The summed E-state index contributed by atoms with van der Waals surface area (Å²) in [6.45, 7) is 7.08. The Hall–Kier alpha value is -1.19. The highest BCUT2D eigenvalue weighted by Gasteiger charge is 2.08. The van der Waals surface area contributed by atoms with Crippen molar-refractivity contribution in [2.75, 3.05) is 6.54 Å². The molecule has 96 valence electrons. The third-order valence-corrected chi connectivity index (χ3v) is 4.45. The first-order chi connectivity index (χ1) is 8.60. The Morgan fingerprint density at radius 2 is 1.94 bits per heavy atom. The number of benzene rings is 1. The molecule has 1 aromatic carbocycles. The van der Waals surface area contributed by atoms with E-state index in [1.54, 1.807) is 11.3 Å². The predicted octanol–water partition coefficient (Wildman–Crippen LogP) is 3.16. The van der Waals surface area contributed by atoms with Crippen LogP contribution in [0.1, 0.15) is 32.3 Å². The van der Waals surface area contributed by atoms with Crippen LogP contribution in [-0.4, -0.2) is 11.5 Å². The van der Waals surface area contributed by atoms with E-state index in [0.29, 0.717) is 6.54 Å². The smallest absolute Gasteiger partial charge is 0.0974 e. The first-order valence-electron chi connectivity index (χ1n) is 6.31. The second-order valence-electron chi connectivity index (χ2n) is 4.75. The van der Waals surface area contributed by atoms with E-state index < -0.39 is 0 Å². The molecule has 0 spiro atoms. The van der Waals surface area contributed by atoms with E-state index in [2.05, 4.69) is 44.0 Å². The number of nitrogens with two attached hydrogens (primary N) is 1. The normalized spacial score (nSPS) is 10.9. The molecule has 0 aliphatic heterocycles. The monoisotopic (exact) mass is 260 g/mol. The Morgan fingerprint density at radius 1 is 1.17 bits per heavy atom. The van der Waals surface area contributed by atoms with Gasteiger partial charge in [-0.1, -0.05) is 18.2 Å². The van der Waals surface area contributed by atoms with Gasteiger partial charge in [-0.3, -0.25) is 0 Å². The van der Waals surface area contributed by atoms with Gasteiger partial charge in [0.15, 0.2) is 0 Å². The molecule has 0 saturated heterocycles. The van der Waals surface area contributed by atoms with E-state index >= 15 is 0 Å². The van der Waals surface area contributed by atoms with Crippen molar-refractivity contribution in [3.8, 4) is 0 Å². The Labute approximate surface area is 113 Å². The molecule has 0 unspecified atom stereocenters. The van der Waals surface area contributed by atoms with Crippen molar-refractivity contribution in [3.63, 3.8) is 0 Å². The third-order valence-electron chi connectivity index (χ3n) is 3.24. The summed E-state index contributed by atoms with van der Waals surface area (Å²) < 4.78 is 0. The summed E-state index contributed by atoms with van der Waals surface area (Å²) >= 11 is 1.80.